The molecule has 0 radical (unpaired) electrons. The van der Waals surface area contributed by atoms with Gasteiger partial charge in [-0.05, 0) is 31.6 Å². The lowest BCUT2D eigenvalue weighted by Gasteiger charge is -2.29. The molecule has 2 aliphatic rings. The van der Waals surface area contributed by atoms with Crippen molar-refractivity contribution in [2.45, 2.75) is 64.0 Å². The minimum absolute atomic E-state index is 0.181. The molecule has 2 rings (SSSR count). The summed E-state index contributed by atoms with van der Waals surface area (Å²) in [7, 11) is 0. The minimum Gasteiger partial charge on any atom is -0.481 e. The van der Waals surface area contributed by atoms with E-state index in [1.165, 1.54) is 0 Å². The summed E-state index contributed by atoms with van der Waals surface area (Å²) in [6.45, 7) is 2.04. The van der Waals surface area contributed by atoms with Gasteiger partial charge in [0.25, 0.3) is 0 Å². The van der Waals surface area contributed by atoms with Crippen LogP contribution in [0, 0.1) is 17.8 Å². The summed E-state index contributed by atoms with van der Waals surface area (Å²) >= 11 is 0. The Balaban J connectivity index is 1.98. The number of carboxylic acids is 1. The second-order valence-corrected chi connectivity index (χ2v) is 6.26. The van der Waals surface area contributed by atoms with E-state index in [0.29, 0.717) is 18.8 Å². The standard InChI is InChI=1S/C15H25NO4/c1-2-9-7-10(11(8-9)15(19)20)14(18)16-12-5-3-4-6-13(12)17/h9-13,17H,2-8H2,1H3,(H,16,18)(H,19,20)/t9?,10-,11+,12+,13+/m0/s1. The molecule has 5 heteroatoms. The number of carboxylic acid groups (broad SMARTS) is 1. The van der Waals surface area contributed by atoms with Crippen molar-refractivity contribution in [2.24, 2.45) is 17.8 Å². The van der Waals surface area contributed by atoms with Crippen LogP contribution in [0.3, 0.4) is 0 Å². The van der Waals surface area contributed by atoms with Crippen molar-refractivity contribution in [3.63, 3.8) is 0 Å². The number of carbonyl (C=O) groups excluding carboxylic acids is 1. The molecule has 2 aliphatic carbocycles. The van der Waals surface area contributed by atoms with E-state index in [2.05, 4.69) is 5.32 Å². The number of aliphatic hydroxyl groups is 1. The van der Waals surface area contributed by atoms with Gasteiger partial charge in [-0.1, -0.05) is 26.2 Å². The second kappa shape index (κ2) is 6.57. The van der Waals surface area contributed by atoms with E-state index in [0.717, 1.165) is 32.1 Å². The van der Waals surface area contributed by atoms with Gasteiger partial charge in [-0.2, -0.15) is 0 Å². The summed E-state index contributed by atoms with van der Waals surface area (Å²) in [6.07, 6.45) is 5.18. The molecule has 1 unspecified atom stereocenters. The molecule has 0 aromatic carbocycles. The number of hydrogen-bond acceptors (Lipinski definition) is 3. The first-order valence-corrected chi connectivity index (χ1v) is 7.74. The molecule has 0 saturated heterocycles. The van der Waals surface area contributed by atoms with Gasteiger partial charge in [0, 0.05) is 0 Å². The van der Waals surface area contributed by atoms with Crippen molar-refractivity contribution in [3.8, 4) is 0 Å². The summed E-state index contributed by atoms with van der Waals surface area (Å²) in [5.74, 6) is -1.74. The van der Waals surface area contributed by atoms with Crippen LogP contribution in [-0.2, 0) is 9.59 Å². The molecule has 20 heavy (non-hydrogen) atoms. The maximum absolute atomic E-state index is 12.3. The molecule has 3 N–H and O–H groups in total. The van der Waals surface area contributed by atoms with E-state index in [4.69, 9.17) is 0 Å². The summed E-state index contributed by atoms with van der Waals surface area (Å²) in [6, 6.07) is -0.202. The normalized spacial score (nSPS) is 37.6. The van der Waals surface area contributed by atoms with Crippen LogP contribution in [0.2, 0.25) is 0 Å². The molecule has 2 fully saturated rings. The third-order valence-electron chi connectivity index (χ3n) is 4.95. The van der Waals surface area contributed by atoms with Gasteiger partial charge in [0.1, 0.15) is 0 Å². The summed E-state index contributed by atoms with van der Waals surface area (Å²) in [5.41, 5.74) is 0. The van der Waals surface area contributed by atoms with Gasteiger partial charge in [-0.3, -0.25) is 9.59 Å². The van der Waals surface area contributed by atoms with Crippen LogP contribution >= 0.6 is 0 Å². The van der Waals surface area contributed by atoms with Crippen molar-refractivity contribution in [2.75, 3.05) is 0 Å². The predicted molar refractivity (Wildman–Crippen MR) is 74.0 cm³/mol. The second-order valence-electron chi connectivity index (χ2n) is 6.26. The van der Waals surface area contributed by atoms with Crippen molar-refractivity contribution < 1.29 is 19.8 Å². The Morgan fingerprint density at radius 3 is 2.40 bits per heavy atom. The highest BCUT2D eigenvalue weighted by molar-refractivity contribution is 5.85. The number of hydrogen-bond donors (Lipinski definition) is 3. The zero-order valence-corrected chi connectivity index (χ0v) is 12.0. The van der Waals surface area contributed by atoms with E-state index in [9.17, 15) is 19.8 Å². The fourth-order valence-corrected chi connectivity index (χ4v) is 3.61. The van der Waals surface area contributed by atoms with E-state index >= 15 is 0 Å². The van der Waals surface area contributed by atoms with Crippen LogP contribution in [0.5, 0.6) is 0 Å². The van der Waals surface area contributed by atoms with Gasteiger partial charge in [-0.25, -0.2) is 0 Å². The number of aliphatic carboxylic acids is 1. The minimum atomic E-state index is -0.870. The maximum Gasteiger partial charge on any atom is 0.307 e. The SMILES string of the molecule is CCC1C[C@H](C(=O)N[C@@H]2CCCC[C@H]2O)[C@H](C(=O)O)C1. The smallest absolute Gasteiger partial charge is 0.307 e. The first-order chi connectivity index (χ1) is 9.52. The molecule has 5 nitrogen and oxygen atoms in total. The fraction of sp³-hybridized carbons (Fsp3) is 0.867. The number of rotatable bonds is 4. The first kappa shape index (κ1) is 15.3. The Morgan fingerprint density at radius 1 is 1.15 bits per heavy atom. The van der Waals surface area contributed by atoms with Crippen molar-refractivity contribution in [1.82, 2.24) is 5.32 Å². The molecule has 114 valence electrons. The molecule has 0 spiro atoms. The van der Waals surface area contributed by atoms with Gasteiger partial charge < -0.3 is 15.5 Å². The molecule has 0 aliphatic heterocycles. The van der Waals surface area contributed by atoms with Crippen molar-refractivity contribution >= 4 is 11.9 Å². The molecule has 0 aromatic heterocycles. The number of amides is 1. The van der Waals surface area contributed by atoms with Crippen LogP contribution in [0.15, 0.2) is 0 Å². The average Bonchev–Trinajstić information content (AvgIpc) is 2.86. The van der Waals surface area contributed by atoms with Crippen LogP contribution in [0.25, 0.3) is 0 Å². The predicted octanol–water partition coefficient (Wildman–Crippen LogP) is 1.54. The maximum atomic E-state index is 12.3. The monoisotopic (exact) mass is 283 g/mol. The number of carbonyl (C=O) groups is 2. The summed E-state index contributed by atoms with van der Waals surface area (Å²) in [4.78, 5) is 23.7. The topological polar surface area (TPSA) is 86.6 Å². The number of aliphatic hydroxyl groups excluding tert-OH is 1. The van der Waals surface area contributed by atoms with Crippen molar-refractivity contribution in [1.29, 1.82) is 0 Å². The van der Waals surface area contributed by atoms with Crippen LogP contribution in [0.1, 0.15) is 51.9 Å². The Hall–Kier alpha value is -1.10. The third-order valence-corrected chi connectivity index (χ3v) is 4.95. The van der Waals surface area contributed by atoms with E-state index in [1.807, 2.05) is 6.92 Å². The molecule has 0 aromatic rings. The Morgan fingerprint density at radius 2 is 1.80 bits per heavy atom. The highest BCUT2D eigenvalue weighted by atomic mass is 16.4. The molecule has 1 amide bonds. The quantitative estimate of drug-likeness (QED) is 0.730. The van der Waals surface area contributed by atoms with E-state index in [1.54, 1.807) is 0 Å². The number of nitrogens with one attached hydrogen (secondary N) is 1. The Kier molecular flexibility index (Phi) is 5.02. The average molecular weight is 283 g/mol. The lowest BCUT2D eigenvalue weighted by Crippen LogP contribution is -2.48. The van der Waals surface area contributed by atoms with Gasteiger partial charge >= 0.3 is 5.97 Å². The third kappa shape index (κ3) is 3.32. The molecule has 0 heterocycles. The van der Waals surface area contributed by atoms with Crippen LogP contribution in [-0.4, -0.2) is 34.2 Å². The lowest BCUT2D eigenvalue weighted by molar-refractivity contribution is -0.146. The van der Waals surface area contributed by atoms with Crippen LogP contribution in [0.4, 0.5) is 0 Å². The highest BCUT2D eigenvalue weighted by Gasteiger charge is 2.42. The first-order valence-electron chi connectivity index (χ1n) is 7.74. The van der Waals surface area contributed by atoms with Gasteiger partial charge in [0.15, 0.2) is 0 Å². The molecule has 2 saturated carbocycles. The molecule has 0 bridgehead atoms. The molecular weight excluding hydrogens is 258 g/mol. The largest absolute Gasteiger partial charge is 0.481 e. The molecule has 5 atom stereocenters. The lowest BCUT2D eigenvalue weighted by atomic mass is 9.90. The van der Waals surface area contributed by atoms with Crippen molar-refractivity contribution in [3.05, 3.63) is 0 Å². The zero-order chi connectivity index (χ0) is 14.7. The van der Waals surface area contributed by atoms with Gasteiger partial charge in [0.2, 0.25) is 5.91 Å². The van der Waals surface area contributed by atoms with E-state index in [-0.39, 0.29) is 11.9 Å². The van der Waals surface area contributed by atoms with Crippen LogP contribution < -0.4 is 5.32 Å². The van der Waals surface area contributed by atoms with Gasteiger partial charge in [0.05, 0.1) is 24.0 Å². The molecular formula is C15H25NO4. The Bertz CT molecular complexity index is 371. The fourth-order valence-electron chi connectivity index (χ4n) is 3.61. The van der Waals surface area contributed by atoms with Gasteiger partial charge in [-0.15, -0.1) is 0 Å². The summed E-state index contributed by atoms with van der Waals surface area (Å²) in [5, 5.41) is 22.1. The van der Waals surface area contributed by atoms with E-state index < -0.39 is 23.9 Å². The highest BCUT2D eigenvalue weighted by Crippen LogP contribution is 2.38. The Labute approximate surface area is 119 Å². The zero-order valence-electron chi connectivity index (χ0n) is 12.0. The summed E-state index contributed by atoms with van der Waals surface area (Å²) < 4.78 is 0.